The summed E-state index contributed by atoms with van der Waals surface area (Å²) in [5.41, 5.74) is 2.60. The number of carbonyl (C=O) groups is 1. The van der Waals surface area contributed by atoms with Crippen LogP contribution in [0.2, 0.25) is 0 Å². The lowest BCUT2D eigenvalue weighted by molar-refractivity contribution is 0.0970. The van der Waals surface area contributed by atoms with Crippen molar-refractivity contribution >= 4 is 16.8 Å². The van der Waals surface area contributed by atoms with Crippen LogP contribution in [0.4, 0.5) is 0 Å². The fourth-order valence-corrected chi connectivity index (χ4v) is 3.66. The zero-order chi connectivity index (χ0) is 18.1. The lowest BCUT2D eigenvalue weighted by Gasteiger charge is -2.08. The van der Waals surface area contributed by atoms with Gasteiger partial charge in [0, 0.05) is 17.8 Å². The Morgan fingerprint density at radius 1 is 1.19 bits per heavy atom. The Morgan fingerprint density at radius 3 is 2.77 bits per heavy atom. The summed E-state index contributed by atoms with van der Waals surface area (Å²) in [5, 5.41) is 9.56. The van der Waals surface area contributed by atoms with Crippen molar-refractivity contribution in [2.24, 2.45) is 0 Å². The van der Waals surface area contributed by atoms with Gasteiger partial charge in [-0.25, -0.2) is 4.98 Å². The Morgan fingerprint density at radius 2 is 2.00 bits per heavy atom. The molecule has 0 fully saturated rings. The third-order valence-electron chi connectivity index (χ3n) is 4.95. The molecule has 4 rings (SSSR count). The molecule has 0 saturated carbocycles. The molecule has 1 aliphatic rings. The minimum atomic E-state index is -0.260. The second-order valence-corrected chi connectivity index (χ2v) is 6.56. The number of fused-ring (bicyclic) bond motifs is 3. The van der Waals surface area contributed by atoms with Gasteiger partial charge in [0.15, 0.2) is 5.78 Å². The van der Waals surface area contributed by atoms with Crippen LogP contribution in [0.1, 0.15) is 40.9 Å². The van der Waals surface area contributed by atoms with E-state index in [1.165, 1.54) is 10.9 Å². The second kappa shape index (κ2) is 6.60. The van der Waals surface area contributed by atoms with E-state index in [-0.39, 0.29) is 17.9 Å². The molecule has 2 aromatic heterocycles. The highest BCUT2D eigenvalue weighted by atomic mass is 16.1. The Hall–Kier alpha value is -3.20. The average molecular weight is 346 g/mol. The topological polar surface area (TPSA) is 80.7 Å². The quantitative estimate of drug-likeness (QED) is 0.683. The Labute approximate surface area is 150 Å². The molecule has 6 heteroatoms. The van der Waals surface area contributed by atoms with Crippen molar-refractivity contribution in [1.29, 1.82) is 5.26 Å². The average Bonchev–Trinajstić information content (AvgIpc) is 2.80. The zero-order valence-corrected chi connectivity index (χ0v) is 14.3. The number of benzene rings is 1. The Balaban J connectivity index is 1.83. The van der Waals surface area contributed by atoms with E-state index in [0.717, 1.165) is 31.4 Å². The predicted molar refractivity (Wildman–Crippen MR) is 97.0 cm³/mol. The molecule has 3 heterocycles. The van der Waals surface area contributed by atoms with E-state index in [0.29, 0.717) is 28.7 Å². The minimum absolute atomic E-state index is 0.0613. The Bertz CT molecular complexity index is 1090. The molecule has 0 aliphatic carbocycles. The first-order chi connectivity index (χ1) is 12.7. The van der Waals surface area contributed by atoms with Crippen molar-refractivity contribution in [1.82, 2.24) is 14.1 Å². The predicted octanol–water partition coefficient (Wildman–Crippen LogP) is 2.68. The van der Waals surface area contributed by atoms with Crippen molar-refractivity contribution in [3.05, 3.63) is 63.8 Å². The first-order valence-corrected chi connectivity index (χ1v) is 8.79. The molecule has 0 unspecified atom stereocenters. The summed E-state index contributed by atoms with van der Waals surface area (Å²) in [5.74, 6) is -0.142. The molecular formula is C20H18N4O2. The van der Waals surface area contributed by atoms with Gasteiger partial charge >= 0.3 is 0 Å². The summed E-state index contributed by atoms with van der Waals surface area (Å²) in [4.78, 5) is 29.9. The highest BCUT2D eigenvalue weighted by Crippen LogP contribution is 2.26. The molecular weight excluding hydrogens is 328 g/mol. The highest BCUT2D eigenvalue weighted by molar-refractivity contribution is 5.96. The third kappa shape index (κ3) is 2.62. The standard InChI is InChI=1S/C20H18N4O2/c21-11-15-16-9-5-2-6-10-24(16)19-18(15)22-13-23(20(19)26)12-17(25)14-7-3-1-4-8-14/h1,3-4,7-8,13H,2,5-6,9-10,12H2. The highest BCUT2D eigenvalue weighted by Gasteiger charge is 2.23. The van der Waals surface area contributed by atoms with Crippen molar-refractivity contribution < 1.29 is 4.79 Å². The summed E-state index contributed by atoms with van der Waals surface area (Å²) in [6.45, 7) is 0.648. The van der Waals surface area contributed by atoms with Gasteiger partial charge in [-0.3, -0.25) is 14.2 Å². The largest absolute Gasteiger partial charge is 0.337 e. The summed E-state index contributed by atoms with van der Waals surface area (Å²) >= 11 is 0. The van der Waals surface area contributed by atoms with Crippen LogP contribution in [0.15, 0.2) is 41.5 Å². The van der Waals surface area contributed by atoms with Crippen molar-refractivity contribution in [2.45, 2.75) is 38.8 Å². The van der Waals surface area contributed by atoms with Crippen LogP contribution in [0.3, 0.4) is 0 Å². The number of aryl methyl sites for hydroxylation is 1. The molecule has 1 aliphatic heterocycles. The molecule has 0 atom stereocenters. The number of rotatable bonds is 3. The van der Waals surface area contributed by atoms with E-state index in [4.69, 9.17) is 0 Å². The first-order valence-electron chi connectivity index (χ1n) is 8.79. The normalized spacial score (nSPS) is 13.8. The third-order valence-corrected chi connectivity index (χ3v) is 4.95. The van der Waals surface area contributed by atoms with Crippen molar-refractivity contribution in [2.75, 3.05) is 0 Å². The number of nitrogens with zero attached hydrogens (tertiary/aromatic N) is 4. The van der Waals surface area contributed by atoms with Gasteiger partial charge in [0.25, 0.3) is 5.56 Å². The van der Waals surface area contributed by atoms with Gasteiger partial charge in [-0.15, -0.1) is 0 Å². The molecule has 130 valence electrons. The monoisotopic (exact) mass is 346 g/mol. The molecule has 0 spiro atoms. The van der Waals surface area contributed by atoms with Crippen molar-refractivity contribution in [3.8, 4) is 6.07 Å². The van der Waals surface area contributed by atoms with Crippen LogP contribution < -0.4 is 5.56 Å². The molecule has 0 N–H and O–H groups in total. The van der Waals surface area contributed by atoms with Crippen molar-refractivity contribution in [3.63, 3.8) is 0 Å². The van der Waals surface area contributed by atoms with Crippen LogP contribution in [-0.2, 0) is 19.5 Å². The maximum absolute atomic E-state index is 13.0. The van der Waals surface area contributed by atoms with Crippen LogP contribution >= 0.6 is 0 Å². The maximum atomic E-state index is 13.0. The molecule has 0 radical (unpaired) electrons. The fraction of sp³-hybridized carbons (Fsp3) is 0.300. The van der Waals surface area contributed by atoms with E-state index in [2.05, 4.69) is 11.1 Å². The van der Waals surface area contributed by atoms with Crippen LogP contribution in [-0.4, -0.2) is 19.9 Å². The van der Waals surface area contributed by atoms with Crippen LogP contribution in [0.25, 0.3) is 11.0 Å². The molecule has 0 saturated heterocycles. The summed E-state index contributed by atoms with van der Waals surface area (Å²) < 4.78 is 3.29. The number of ketones is 1. The lowest BCUT2D eigenvalue weighted by atomic mass is 10.1. The molecule has 26 heavy (non-hydrogen) atoms. The van der Waals surface area contributed by atoms with Gasteiger partial charge in [0.1, 0.15) is 17.1 Å². The van der Waals surface area contributed by atoms with Crippen LogP contribution in [0, 0.1) is 11.3 Å². The van der Waals surface area contributed by atoms with Gasteiger partial charge in [-0.1, -0.05) is 36.8 Å². The summed E-state index contributed by atoms with van der Waals surface area (Å²) in [6.07, 6.45) is 5.22. The number of carbonyl (C=O) groups excluding carboxylic acids is 1. The number of aromatic nitrogens is 3. The van der Waals surface area contributed by atoms with E-state index in [9.17, 15) is 14.9 Å². The molecule has 3 aromatic rings. The van der Waals surface area contributed by atoms with Gasteiger partial charge in [0.2, 0.25) is 0 Å². The zero-order valence-electron chi connectivity index (χ0n) is 14.3. The van der Waals surface area contributed by atoms with Gasteiger partial charge in [0.05, 0.1) is 18.4 Å². The van der Waals surface area contributed by atoms with Crippen LogP contribution in [0.5, 0.6) is 0 Å². The minimum Gasteiger partial charge on any atom is -0.337 e. The SMILES string of the molecule is N#Cc1c2n(c3c(=O)n(CC(=O)c4ccccc4)cnc13)CCCCC2. The number of hydrogen-bond acceptors (Lipinski definition) is 4. The smallest absolute Gasteiger partial charge is 0.278 e. The Kier molecular flexibility index (Phi) is 4.13. The van der Waals surface area contributed by atoms with Gasteiger partial charge in [-0.2, -0.15) is 5.26 Å². The summed E-state index contributed by atoms with van der Waals surface area (Å²) in [6, 6.07) is 11.1. The maximum Gasteiger partial charge on any atom is 0.278 e. The van der Waals surface area contributed by atoms with E-state index < -0.39 is 0 Å². The molecule has 0 bridgehead atoms. The molecule has 1 aromatic carbocycles. The van der Waals surface area contributed by atoms with E-state index in [1.807, 2.05) is 10.6 Å². The molecule has 0 amide bonds. The number of nitriles is 1. The lowest BCUT2D eigenvalue weighted by Crippen LogP contribution is -2.26. The summed E-state index contributed by atoms with van der Waals surface area (Å²) in [7, 11) is 0. The van der Waals surface area contributed by atoms with E-state index in [1.54, 1.807) is 24.3 Å². The second-order valence-electron chi connectivity index (χ2n) is 6.56. The first kappa shape index (κ1) is 16.3. The van der Waals surface area contributed by atoms with E-state index >= 15 is 0 Å². The van der Waals surface area contributed by atoms with Gasteiger partial charge in [-0.05, 0) is 19.3 Å². The van der Waals surface area contributed by atoms with Gasteiger partial charge < -0.3 is 4.57 Å². The number of Topliss-reactive ketones (excluding diaryl/α,β-unsaturated/α-hetero) is 1. The fourth-order valence-electron chi connectivity index (χ4n) is 3.66. The molecule has 6 nitrogen and oxygen atoms in total. The number of hydrogen-bond donors (Lipinski definition) is 0.